The normalized spacial score (nSPS) is 16.7. The van der Waals surface area contributed by atoms with Crippen LogP contribution in [0, 0.1) is 5.92 Å². The Morgan fingerprint density at radius 3 is 2.42 bits per heavy atom. The maximum atomic E-state index is 5.66. The summed E-state index contributed by atoms with van der Waals surface area (Å²) in [5.41, 5.74) is 2.23. The molecule has 0 saturated heterocycles. The Kier molecular flexibility index (Phi) is 3.73. The molecule has 0 aromatic heterocycles. The molecule has 3 heteroatoms. The van der Waals surface area contributed by atoms with Crippen LogP contribution in [0.25, 0.3) is 0 Å². The predicted molar refractivity (Wildman–Crippen MR) is 54.3 cm³/mol. The first-order valence-corrected chi connectivity index (χ1v) is 5.03. The summed E-state index contributed by atoms with van der Waals surface area (Å²) >= 11 is 5.66. The van der Waals surface area contributed by atoms with E-state index in [0.29, 0.717) is 11.8 Å². The first-order valence-electron chi connectivity index (χ1n) is 4.49. The topological polar surface area (TPSA) is 24.7 Å². The van der Waals surface area contributed by atoms with Gasteiger partial charge in [0.25, 0.3) is 0 Å². The van der Waals surface area contributed by atoms with Crippen molar-refractivity contribution in [3.05, 3.63) is 0 Å². The number of halogens is 1. The maximum Gasteiger partial charge on any atom is 0.0630 e. The van der Waals surface area contributed by atoms with E-state index >= 15 is 0 Å². The molecule has 0 radical (unpaired) electrons. The van der Waals surface area contributed by atoms with Gasteiger partial charge in [-0.05, 0) is 18.8 Å². The summed E-state index contributed by atoms with van der Waals surface area (Å²) in [5, 5.41) is 8.18. The highest BCUT2D eigenvalue weighted by atomic mass is 35.5. The van der Waals surface area contributed by atoms with Crippen molar-refractivity contribution < 1.29 is 0 Å². The van der Waals surface area contributed by atoms with Crippen LogP contribution in [0.1, 0.15) is 33.1 Å². The van der Waals surface area contributed by atoms with Crippen molar-refractivity contribution >= 4 is 23.0 Å². The van der Waals surface area contributed by atoms with Gasteiger partial charge in [-0.1, -0.05) is 13.8 Å². The van der Waals surface area contributed by atoms with Gasteiger partial charge >= 0.3 is 0 Å². The molecule has 2 nitrogen and oxygen atoms in total. The Morgan fingerprint density at radius 1 is 1.33 bits per heavy atom. The summed E-state index contributed by atoms with van der Waals surface area (Å²) < 4.78 is 0. The molecular weight excluding hydrogens is 172 g/mol. The summed E-state index contributed by atoms with van der Waals surface area (Å²) in [6.45, 7) is 4.38. The average Bonchev–Trinajstić information content (AvgIpc) is 2.55. The molecule has 1 aliphatic rings. The second-order valence-electron chi connectivity index (χ2n) is 3.08. The van der Waals surface area contributed by atoms with Gasteiger partial charge in [0.1, 0.15) is 0 Å². The van der Waals surface area contributed by atoms with Crippen LogP contribution in [0.4, 0.5) is 0 Å². The van der Waals surface area contributed by atoms with Crippen LogP contribution in [-0.4, -0.2) is 17.3 Å². The van der Waals surface area contributed by atoms with E-state index in [-0.39, 0.29) is 0 Å². The zero-order chi connectivity index (χ0) is 8.97. The lowest BCUT2D eigenvalue weighted by Gasteiger charge is -2.10. The van der Waals surface area contributed by atoms with Gasteiger partial charge in [0.15, 0.2) is 0 Å². The fourth-order valence-electron chi connectivity index (χ4n) is 1.47. The molecular formula is C9H15ClN2. The van der Waals surface area contributed by atoms with Gasteiger partial charge in [-0.25, -0.2) is 0 Å². The minimum Gasteiger partial charge on any atom is -0.159 e. The number of nitrogens with zero attached hydrogens (tertiary/aromatic N) is 2. The van der Waals surface area contributed by atoms with E-state index in [1.807, 2.05) is 0 Å². The monoisotopic (exact) mass is 186 g/mol. The van der Waals surface area contributed by atoms with Crippen LogP contribution in [0.15, 0.2) is 10.2 Å². The van der Waals surface area contributed by atoms with Crippen molar-refractivity contribution in [1.29, 1.82) is 0 Å². The van der Waals surface area contributed by atoms with Gasteiger partial charge in [-0.15, -0.1) is 11.6 Å². The van der Waals surface area contributed by atoms with E-state index in [1.54, 1.807) is 0 Å². The van der Waals surface area contributed by atoms with E-state index in [9.17, 15) is 0 Å². The minimum absolute atomic E-state index is 0.521. The Morgan fingerprint density at radius 2 is 2.00 bits per heavy atom. The van der Waals surface area contributed by atoms with Crippen LogP contribution in [0.3, 0.4) is 0 Å². The molecule has 0 unspecified atom stereocenters. The molecule has 0 spiro atoms. The van der Waals surface area contributed by atoms with Crippen molar-refractivity contribution in [1.82, 2.24) is 0 Å². The third kappa shape index (κ3) is 2.07. The number of rotatable bonds is 4. The Bertz CT molecular complexity index is 205. The molecule has 0 fully saturated rings. The molecule has 0 amide bonds. The van der Waals surface area contributed by atoms with Crippen LogP contribution < -0.4 is 0 Å². The standard InChI is InChI=1S/C9H15ClN2/c1-3-7(4-2)9-5-8(6-10)11-12-9/h7H,3-6H2,1-2H3. The minimum atomic E-state index is 0.521. The van der Waals surface area contributed by atoms with Gasteiger partial charge in [0, 0.05) is 12.1 Å². The molecule has 1 rings (SSSR count). The Hall–Kier alpha value is -0.370. The largest absolute Gasteiger partial charge is 0.159 e. The van der Waals surface area contributed by atoms with Crippen LogP contribution in [0.5, 0.6) is 0 Å². The second kappa shape index (κ2) is 4.61. The predicted octanol–water partition coefficient (Wildman–Crippen LogP) is 2.86. The molecule has 1 aliphatic heterocycles. The molecule has 0 atom stereocenters. The molecule has 0 aromatic carbocycles. The quantitative estimate of drug-likeness (QED) is 0.604. The SMILES string of the molecule is CCC(CC)C1=NN=C(CCl)C1. The van der Waals surface area contributed by atoms with Gasteiger partial charge in [-0.3, -0.25) is 0 Å². The van der Waals surface area contributed by atoms with Gasteiger partial charge in [-0.2, -0.15) is 10.2 Å². The highest BCUT2D eigenvalue weighted by Crippen LogP contribution is 2.17. The summed E-state index contributed by atoms with van der Waals surface area (Å²) in [6, 6.07) is 0. The lowest BCUT2D eigenvalue weighted by atomic mass is 9.94. The smallest absolute Gasteiger partial charge is 0.0630 e. The van der Waals surface area contributed by atoms with Crippen molar-refractivity contribution in [2.75, 3.05) is 5.88 Å². The summed E-state index contributed by atoms with van der Waals surface area (Å²) in [4.78, 5) is 0. The Balaban J connectivity index is 2.48. The summed E-state index contributed by atoms with van der Waals surface area (Å²) in [7, 11) is 0. The zero-order valence-electron chi connectivity index (χ0n) is 7.68. The van der Waals surface area contributed by atoms with Crippen molar-refractivity contribution in [2.24, 2.45) is 16.1 Å². The van der Waals surface area contributed by atoms with E-state index < -0.39 is 0 Å². The van der Waals surface area contributed by atoms with Crippen LogP contribution >= 0.6 is 11.6 Å². The highest BCUT2D eigenvalue weighted by molar-refractivity contribution is 6.31. The van der Waals surface area contributed by atoms with E-state index in [0.717, 1.165) is 25.0 Å². The first-order chi connectivity index (χ1) is 5.81. The third-order valence-electron chi connectivity index (χ3n) is 2.32. The molecule has 1 heterocycles. The lowest BCUT2D eigenvalue weighted by Crippen LogP contribution is -2.13. The molecule has 0 aliphatic carbocycles. The van der Waals surface area contributed by atoms with E-state index in [4.69, 9.17) is 11.6 Å². The molecule has 0 saturated carbocycles. The second-order valence-corrected chi connectivity index (χ2v) is 3.35. The third-order valence-corrected chi connectivity index (χ3v) is 2.62. The van der Waals surface area contributed by atoms with E-state index in [1.165, 1.54) is 5.71 Å². The first kappa shape index (κ1) is 9.72. The molecule has 0 bridgehead atoms. The van der Waals surface area contributed by atoms with Crippen molar-refractivity contribution in [3.8, 4) is 0 Å². The zero-order valence-corrected chi connectivity index (χ0v) is 8.43. The van der Waals surface area contributed by atoms with Crippen LogP contribution in [-0.2, 0) is 0 Å². The van der Waals surface area contributed by atoms with Gasteiger partial charge < -0.3 is 0 Å². The van der Waals surface area contributed by atoms with Crippen molar-refractivity contribution in [2.45, 2.75) is 33.1 Å². The molecule has 0 N–H and O–H groups in total. The Labute approximate surface area is 78.7 Å². The highest BCUT2D eigenvalue weighted by Gasteiger charge is 2.18. The van der Waals surface area contributed by atoms with Crippen molar-refractivity contribution in [3.63, 3.8) is 0 Å². The summed E-state index contributed by atoms with van der Waals surface area (Å²) in [6.07, 6.45) is 3.21. The van der Waals surface area contributed by atoms with Gasteiger partial charge in [0.05, 0.1) is 11.6 Å². The fourth-order valence-corrected chi connectivity index (χ4v) is 1.62. The number of hydrogen-bond donors (Lipinski definition) is 0. The number of alkyl halides is 1. The average molecular weight is 187 g/mol. The van der Waals surface area contributed by atoms with E-state index in [2.05, 4.69) is 24.1 Å². The maximum absolute atomic E-state index is 5.66. The van der Waals surface area contributed by atoms with Crippen LogP contribution in [0.2, 0.25) is 0 Å². The molecule has 68 valence electrons. The van der Waals surface area contributed by atoms with Gasteiger partial charge in [0.2, 0.25) is 0 Å². The molecule has 12 heavy (non-hydrogen) atoms. The molecule has 0 aromatic rings. The number of hydrogen-bond acceptors (Lipinski definition) is 2. The lowest BCUT2D eigenvalue weighted by molar-refractivity contribution is 0.637. The summed E-state index contributed by atoms with van der Waals surface area (Å²) in [5.74, 6) is 1.13. The fraction of sp³-hybridized carbons (Fsp3) is 0.778.